The van der Waals surface area contributed by atoms with Crippen LogP contribution >= 0.6 is 0 Å². The predicted molar refractivity (Wildman–Crippen MR) is 70.2 cm³/mol. The number of phenolic OH excluding ortho intramolecular Hbond substituents is 1. The van der Waals surface area contributed by atoms with Gasteiger partial charge in [-0.3, -0.25) is 0 Å². The van der Waals surface area contributed by atoms with Crippen molar-refractivity contribution >= 4 is 5.97 Å². The smallest absolute Gasteiger partial charge is 0.356 e. The molecule has 2 aromatic rings. The first kappa shape index (κ1) is 15.4. The number of phenols is 1. The van der Waals surface area contributed by atoms with E-state index in [1.165, 1.54) is 19.2 Å². The molecule has 0 spiro atoms. The second kappa shape index (κ2) is 7.73. The third kappa shape index (κ3) is 4.93. The van der Waals surface area contributed by atoms with E-state index in [4.69, 9.17) is 9.84 Å². The summed E-state index contributed by atoms with van der Waals surface area (Å²) >= 11 is 0. The Kier molecular flexibility index (Phi) is 5.96. The summed E-state index contributed by atoms with van der Waals surface area (Å²) < 4.78 is 21.5. The molecule has 20 heavy (non-hydrogen) atoms. The molecule has 0 atom stereocenters. The van der Waals surface area contributed by atoms with Crippen LogP contribution in [0.15, 0.2) is 42.5 Å². The minimum Gasteiger partial charge on any atom is -0.508 e. The minimum atomic E-state index is -0.687. The zero-order valence-corrected chi connectivity index (χ0v) is 11.0. The molecule has 0 saturated heterocycles. The standard InChI is InChI=1S/C7H6FNO2.C7H8O2/c1-11-7(10)5-3-2-4-6(8)9-5;1-9-7-4-2-6(8)3-5-7/h2-4H,1H3;2-5,8H,1H3. The Balaban J connectivity index is 0.000000204. The molecule has 1 heterocycles. The maximum Gasteiger partial charge on any atom is 0.356 e. The highest BCUT2D eigenvalue weighted by molar-refractivity contribution is 5.86. The lowest BCUT2D eigenvalue weighted by Gasteiger charge is -1.96. The molecule has 0 aliphatic heterocycles. The second-order valence-electron chi connectivity index (χ2n) is 3.54. The molecule has 0 aliphatic rings. The number of halogens is 1. The number of hydrogen-bond acceptors (Lipinski definition) is 5. The quantitative estimate of drug-likeness (QED) is 0.675. The minimum absolute atomic E-state index is 0.0208. The lowest BCUT2D eigenvalue weighted by atomic mass is 10.3. The Hall–Kier alpha value is -2.63. The SMILES string of the molecule is COC(=O)c1cccc(F)n1.COc1ccc(O)cc1. The number of esters is 1. The van der Waals surface area contributed by atoms with Crippen LogP contribution in [0.3, 0.4) is 0 Å². The Morgan fingerprint density at radius 3 is 2.30 bits per heavy atom. The number of rotatable bonds is 2. The van der Waals surface area contributed by atoms with Gasteiger partial charge in [0.25, 0.3) is 0 Å². The van der Waals surface area contributed by atoms with Crippen molar-refractivity contribution in [1.82, 2.24) is 4.98 Å². The summed E-state index contributed by atoms with van der Waals surface area (Å²) in [4.78, 5) is 14.0. The molecule has 0 amide bonds. The number of methoxy groups -OCH3 is 2. The van der Waals surface area contributed by atoms with Crippen LogP contribution < -0.4 is 4.74 Å². The molecule has 0 aliphatic carbocycles. The van der Waals surface area contributed by atoms with Crippen molar-refractivity contribution in [2.45, 2.75) is 0 Å². The number of ether oxygens (including phenoxy) is 2. The highest BCUT2D eigenvalue weighted by Crippen LogP contribution is 2.14. The van der Waals surface area contributed by atoms with Crippen molar-refractivity contribution in [2.24, 2.45) is 0 Å². The van der Waals surface area contributed by atoms with E-state index in [1.807, 2.05) is 0 Å². The van der Waals surface area contributed by atoms with Crippen LogP contribution in [0.5, 0.6) is 11.5 Å². The van der Waals surface area contributed by atoms with Crippen LogP contribution in [0.2, 0.25) is 0 Å². The molecule has 5 nitrogen and oxygen atoms in total. The number of carbonyl (C=O) groups is 1. The third-order valence-corrected chi connectivity index (χ3v) is 2.18. The van der Waals surface area contributed by atoms with Crippen LogP contribution in [0.1, 0.15) is 10.5 Å². The van der Waals surface area contributed by atoms with Gasteiger partial charge in [0, 0.05) is 0 Å². The van der Waals surface area contributed by atoms with Gasteiger partial charge < -0.3 is 14.6 Å². The molecule has 0 radical (unpaired) electrons. The van der Waals surface area contributed by atoms with Gasteiger partial charge in [-0.1, -0.05) is 6.07 Å². The average Bonchev–Trinajstić information content (AvgIpc) is 2.48. The fourth-order valence-corrected chi connectivity index (χ4v) is 1.21. The molecule has 1 aromatic carbocycles. The number of pyridine rings is 1. The van der Waals surface area contributed by atoms with E-state index in [0.29, 0.717) is 0 Å². The van der Waals surface area contributed by atoms with Gasteiger partial charge in [-0.2, -0.15) is 4.39 Å². The van der Waals surface area contributed by atoms with Gasteiger partial charge in [-0.15, -0.1) is 0 Å². The molecule has 6 heteroatoms. The van der Waals surface area contributed by atoms with E-state index in [9.17, 15) is 9.18 Å². The van der Waals surface area contributed by atoms with Gasteiger partial charge in [0.2, 0.25) is 5.95 Å². The normalized spacial score (nSPS) is 9.15. The Labute approximate surface area is 115 Å². The Bertz CT molecular complexity index is 557. The van der Waals surface area contributed by atoms with Gasteiger partial charge >= 0.3 is 5.97 Å². The lowest BCUT2D eigenvalue weighted by molar-refractivity contribution is 0.0592. The summed E-state index contributed by atoms with van der Waals surface area (Å²) in [7, 11) is 2.81. The molecule has 0 saturated carbocycles. The van der Waals surface area contributed by atoms with Crippen LogP contribution in [0.4, 0.5) is 4.39 Å². The summed E-state index contributed by atoms with van der Waals surface area (Å²) in [6.07, 6.45) is 0. The van der Waals surface area contributed by atoms with E-state index in [0.717, 1.165) is 11.8 Å². The van der Waals surface area contributed by atoms with Gasteiger partial charge in [-0.05, 0) is 36.4 Å². The summed E-state index contributed by atoms with van der Waals surface area (Å²) in [6, 6.07) is 10.5. The number of nitrogens with zero attached hydrogens (tertiary/aromatic N) is 1. The van der Waals surface area contributed by atoms with Crippen molar-refractivity contribution in [3.8, 4) is 11.5 Å². The Morgan fingerprint density at radius 2 is 1.80 bits per heavy atom. The molecule has 0 fully saturated rings. The molecule has 106 valence electrons. The first-order valence-electron chi connectivity index (χ1n) is 5.60. The van der Waals surface area contributed by atoms with E-state index in [1.54, 1.807) is 31.4 Å². The molecule has 1 aromatic heterocycles. The number of carbonyl (C=O) groups excluding carboxylic acids is 1. The van der Waals surface area contributed by atoms with E-state index in [2.05, 4.69) is 9.72 Å². The molecular weight excluding hydrogens is 265 g/mol. The van der Waals surface area contributed by atoms with Gasteiger partial charge in [0.1, 0.15) is 11.5 Å². The van der Waals surface area contributed by atoms with E-state index in [-0.39, 0.29) is 11.4 Å². The maximum absolute atomic E-state index is 12.3. The van der Waals surface area contributed by atoms with Crippen molar-refractivity contribution in [3.05, 3.63) is 54.1 Å². The maximum atomic E-state index is 12.3. The van der Waals surface area contributed by atoms with Gasteiger partial charge in [0.15, 0.2) is 5.69 Å². The van der Waals surface area contributed by atoms with Crippen LogP contribution in [0, 0.1) is 5.95 Å². The monoisotopic (exact) mass is 279 g/mol. The zero-order valence-electron chi connectivity index (χ0n) is 11.0. The number of aromatic hydroxyl groups is 1. The van der Waals surface area contributed by atoms with Crippen LogP contribution in [-0.4, -0.2) is 30.3 Å². The van der Waals surface area contributed by atoms with Crippen molar-refractivity contribution < 1.29 is 23.8 Å². The van der Waals surface area contributed by atoms with Crippen molar-refractivity contribution in [3.63, 3.8) is 0 Å². The fraction of sp³-hybridized carbons (Fsp3) is 0.143. The summed E-state index contributed by atoms with van der Waals surface area (Å²) in [6.45, 7) is 0. The summed E-state index contributed by atoms with van der Waals surface area (Å²) in [5, 5.41) is 8.80. The number of benzene rings is 1. The summed E-state index contributed by atoms with van der Waals surface area (Å²) in [5.74, 6) is -0.305. The molecule has 2 rings (SSSR count). The third-order valence-electron chi connectivity index (χ3n) is 2.18. The van der Waals surface area contributed by atoms with Crippen LogP contribution in [0.25, 0.3) is 0 Å². The van der Waals surface area contributed by atoms with Gasteiger partial charge in [-0.25, -0.2) is 9.78 Å². The molecule has 1 N–H and O–H groups in total. The topological polar surface area (TPSA) is 68.7 Å². The highest BCUT2D eigenvalue weighted by Gasteiger charge is 2.06. The first-order chi connectivity index (χ1) is 9.56. The van der Waals surface area contributed by atoms with Gasteiger partial charge in [0.05, 0.1) is 14.2 Å². The van der Waals surface area contributed by atoms with E-state index < -0.39 is 11.9 Å². The first-order valence-corrected chi connectivity index (χ1v) is 5.60. The van der Waals surface area contributed by atoms with E-state index >= 15 is 0 Å². The zero-order chi connectivity index (χ0) is 15.0. The largest absolute Gasteiger partial charge is 0.508 e. The van der Waals surface area contributed by atoms with Crippen LogP contribution in [-0.2, 0) is 4.74 Å². The highest BCUT2D eigenvalue weighted by atomic mass is 19.1. The van der Waals surface area contributed by atoms with Crippen molar-refractivity contribution in [1.29, 1.82) is 0 Å². The molecule has 0 unspecified atom stereocenters. The predicted octanol–water partition coefficient (Wildman–Crippen LogP) is 2.41. The Morgan fingerprint density at radius 1 is 1.15 bits per heavy atom. The summed E-state index contributed by atoms with van der Waals surface area (Å²) in [5.41, 5.74) is -0.0208. The lowest BCUT2D eigenvalue weighted by Crippen LogP contribution is -2.04. The van der Waals surface area contributed by atoms with Crippen molar-refractivity contribution in [2.75, 3.05) is 14.2 Å². The fourth-order valence-electron chi connectivity index (χ4n) is 1.21. The number of aromatic nitrogens is 1. The molecular formula is C14H14FNO4. The second-order valence-corrected chi connectivity index (χ2v) is 3.54. The molecule has 0 bridgehead atoms. The number of hydrogen-bond donors (Lipinski definition) is 1. The average molecular weight is 279 g/mol.